The van der Waals surface area contributed by atoms with Gasteiger partial charge in [-0.15, -0.1) is 0 Å². The highest BCUT2D eigenvalue weighted by Gasteiger charge is 2.32. The predicted octanol–water partition coefficient (Wildman–Crippen LogP) is 1.47. The number of nitrogens with one attached hydrogen (secondary N) is 2. The maximum atomic E-state index is 10.6. The van der Waals surface area contributed by atoms with Gasteiger partial charge in [0.1, 0.15) is 0 Å². The van der Waals surface area contributed by atoms with Crippen LogP contribution in [0.3, 0.4) is 0 Å². The summed E-state index contributed by atoms with van der Waals surface area (Å²) in [7, 11) is 1.82. The monoisotopic (exact) mass is 308 g/mol. The minimum Gasteiger partial charge on any atom is -0.388 e. The summed E-state index contributed by atoms with van der Waals surface area (Å²) < 4.78 is 0. The fraction of sp³-hybridized carbons (Fsp3) is 0.941. The standard InChI is InChI=1S/C17H32N4O/c1-18-16(19-13-17(22)9-3-2-4-10-17)20-14-7-11-21(12-8-14)15-5-6-15/h14-15,22H,2-13H2,1H3,(H2,18,19,20). The van der Waals surface area contributed by atoms with Crippen LogP contribution in [0, 0.1) is 0 Å². The smallest absolute Gasteiger partial charge is 0.191 e. The van der Waals surface area contributed by atoms with E-state index in [1.807, 2.05) is 7.05 Å². The van der Waals surface area contributed by atoms with Gasteiger partial charge < -0.3 is 20.6 Å². The van der Waals surface area contributed by atoms with Crippen LogP contribution in [0.25, 0.3) is 0 Å². The number of aliphatic hydroxyl groups is 1. The van der Waals surface area contributed by atoms with Crippen LogP contribution in [0.2, 0.25) is 0 Å². The van der Waals surface area contributed by atoms with Gasteiger partial charge >= 0.3 is 0 Å². The second-order valence-electron chi connectivity index (χ2n) is 7.40. The SMILES string of the molecule is CN=C(NCC1(O)CCCCC1)NC1CCN(C2CC2)CC1. The van der Waals surface area contributed by atoms with E-state index in [0.29, 0.717) is 12.6 Å². The fourth-order valence-corrected chi connectivity index (χ4v) is 3.87. The van der Waals surface area contributed by atoms with Crippen LogP contribution < -0.4 is 10.6 Å². The van der Waals surface area contributed by atoms with Crippen molar-refractivity contribution in [3.63, 3.8) is 0 Å². The van der Waals surface area contributed by atoms with Crippen LogP contribution in [0.5, 0.6) is 0 Å². The summed E-state index contributed by atoms with van der Waals surface area (Å²) in [6.07, 6.45) is 10.6. The van der Waals surface area contributed by atoms with Crippen molar-refractivity contribution in [3.05, 3.63) is 0 Å². The van der Waals surface area contributed by atoms with Crippen LogP contribution in [-0.2, 0) is 0 Å². The molecule has 1 heterocycles. The Balaban J connectivity index is 1.40. The molecule has 2 saturated carbocycles. The van der Waals surface area contributed by atoms with Gasteiger partial charge in [0.05, 0.1) is 5.60 Å². The average molecular weight is 308 g/mol. The molecule has 3 rings (SSSR count). The van der Waals surface area contributed by atoms with E-state index < -0.39 is 5.60 Å². The lowest BCUT2D eigenvalue weighted by molar-refractivity contribution is 0.00852. The Labute approximate surface area is 134 Å². The average Bonchev–Trinajstić information content (AvgIpc) is 3.38. The molecular weight excluding hydrogens is 276 g/mol. The summed E-state index contributed by atoms with van der Waals surface area (Å²) in [6.45, 7) is 3.04. The molecule has 0 atom stereocenters. The van der Waals surface area contributed by atoms with Gasteiger partial charge in [-0.1, -0.05) is 19.3 Å². The van der Waals surface area contributed by atoms with Crippen molar-refractivity contribution in [2.24, 2.45) is 4.99 Å². The normalized spacial score (nSPS) is 27.6. The molecule has 0 spiro atoms. The number of hydrogen-bond donors (Lipinski definition) is 3. The topological polar surface area (TPSA) is 59.9 Å². The van der Waals surface area contributed by atoms with Crippen molar-refractivity contribution >= 4 is 5.96 Å². The highest BCUT2D eigenvalue weighted by molar-refractivity contribution is 5.80. The molecule has 5 heteroatoms. The molecule has 1 aliphatic heterocycles. The molecule has 3 fully saturated rings. The van der Waals surface area contributed by atoms with Crippen LogP contribution in [0.4, 0.5) is 0 Å². The molecule has 0 amide bonds. The highest BCUT2D eigenvalue weighted by Crippen LogP contribution is 2.29. The van der Waals surface area contributed by atoms with Gasteiger partial charge in [0.15, 0.2) is 5.96 Å². The van der Waals surface area contributed by atoms with Gasteiger partial charge in [0, 0.05) is 38.8 Å². The first-order valence-corrected chi connectivity index (χ1v) is 9.12. The van der Waals surface area contributed by atoms with E-state index in [4.69, 9.17) is 0 Å². The van der Waals surface area contributed by atoms with Crippen molar-refractivity contribution in [1.29, 1.82) is 0 Å². The molecule has 3 aliphatic rings. The molecule has 0 aromatic heterocycles. The van der Waals surface area contributed by atoms with E-state index in [-0.39, 0.29) is 0 Å². The zero-order valence-electron chi connectivity index (χ0n) is 14.0. The van der Waals surface area contributed by atoms with E-state index in [1.54, 1.807) is 0 Å². The van der Waals surface area contributed by atoms with Gasteiger partial charge in [0.2, 0.25) is 0 Å². The molecule has 5 nitrogen and oxygen atoms in total. The Morgan fingerprint density at radius 2 is 1.82 bits per heavy atom. The molecule has 126 valence electrons. The van der Waals surface area contributed by atoms with E-state index in [2.05, 4.69) is 20.5 Å². The molecule has 1 saturated heterocycles. The van der Waals surface area contributed by atoms with Crippen LogP contribution >= 0.6 is 0 Å². The first-order valence-electron chi connectivity index (χ1n) is 9.12. The van der Waals surface area contributed by atoms with E-state index >= 15 is 0 Å². The minimum atomic E-state index is -0.537. The van der Waals surface area contributed by atoms with Crippen molar-refractivity contribution in [3.8, 4) is 0 Å². The second kappa shape index (κ2) is 7.18. The lowest BCUT2D eigenvalue weighted by Crippen LogP contribution is -2.52. The number of aliphatic imine (C=N–C) groups is 1. The Kier molecular flexibility index (Phi) is 5.24. The number of guanidine groups is 1. The molecule has 2 aliphatic carbocycles. The third-order valence-electron chi connectivity index (χ3n) is 5.53. The third-order valence-corrected chi connectivity index (χ3v) is 5.53. The molecule has 0 bridgehead atoms. The summed E-state index contributed by atoms with van der Waals surface area (Å²) >= 11 is 0. The quantitative estimate of drug-likeness (QED) is 0.544. The van der Waals surface area contributed by atoms with Crippen molar-refractivity contribution < 1.29 is 5.11 Å². The number of piperidine rings is 1. The molecule has 3 N–H and O–H groups in total. The summed E-state index contributed by atoms with van der Waals surface area (Å²) in [5.74, 6) is 0.851. The summed E-state index contributed by atoms with van der Waals surface area (Å²) in [5.41, 5.74) is -0.537. The van der Waals surface area contributed by atoms with Crippen molar-refractivity contribution in [2.45, 2.75) is 75.5 Å². The lowest BCUT2D eigenvalue weighted by atomic mass is 9.85. The van der Waals surface area contributed by atoms with Gasteiger partial charge in [-0.2, -0.15) is 0 Å². The predicted molar refractivity (Wildman–Crippen MR) is 90.1 cm³/mol. The van der Waals surface area contributed by atoms with Crippen molar-refractivity contribution in [1.82, 2.24) is 15.5 Å². The molecule has 0 aromatic rings. The minimum absolute atomic E-state index is 0.516. The summed E-state index contributed by atoms with van der Waals surface area (Å²) in [6, 6.07) is 1.40. The Morgan fingerprint density at radius 3 is 2.41 bits per heavy atom. The maximum absolute atomic E-state index is 10.6. The van der Waals surface area contributed by atoms with Crippen LogP contribution in [0.15, 0.2) is 4.99 Å². The lowest BCUT2D eigenvalue weighted by Gasteiger charge is -2.35. The zero-order chi connectivity index (χ0) is 15.4. The molecule has 0 aromatic carbocycles. The molecule has 22 heavy (non-hydrogen) atoms. The first kappa shape index (κ1) is 16.1. The second-order valence-corrected chi connectivity index (χ2v) is 7.40. The largest absolute Gasteiger partial charge is 0.388 e. The Bertz CT molecular complexity index is 380. The van der Waals surface area contributed by atoms with Gasteiger partial charge in [-0.3, -0.25) is 4.99 Å². The Hall–Kier alpha value is -0.810. The first-order chi connectivity index (χ1) is 10.7. The molecule has 0 unspecified atom stereocenters. The Morgan fingerprint density at radius 1 is 1.14 bits per heavy atom. The van der Waals surface area contributed by atoms with E-state index in [1.165, 1.54) is 45.2 Å². The van der Waals surface area contributed by atoms with Crippen LogP contribution in [0.1, 0.15) is 57.8 Å². The fourth-order valence-electron chi connectivity index (χ4n) is 3.87. The summed E-state index contributed by atoms with van der Waals surface area (Å²) in [5, 5.41) is 17.5. The molecule has 0 radical (unpaired) electrons. The number of hydrogen-bond acceptors (Lipinski definition) is 3. The van der Waals surface area contributed by atoms with Gasteiger partial charge in [-0.05, 0) is 38.5 Å². The summed E-state index contributed by atoms with van der Waals surface area (Å²) in [4.78, 5) is 6.97. The van der Waals surface area contributed by atoms with Crippen molar-refractivity contribution in [2.75, 3.05) is 26.7 Å². The number of rotatable bonds is 4. The third kappa shape index (κ3) is 4.35. The maximum Gasteiger partial charge on any atom is 0.191 e. The zero-order valence-corrected chi connectivity index (χ0v) is 14.0. The molecular formula is C17H32N4O. The van der Waals surface area contributed by atoms with Gasteiger partial charge in [-0.25, -0.2) is 0 Å². The van der Waals surface area contributed by atoms with E-state index in [0.717, 1.165) is 37.7 Å². The number of likely N-dealkylation sites (tertiary alicyclic amines) is 1. The number of nitrogens with zero attached hydrogens (tertiary/aromatic N) is 2. The van der Waals surface area contributed by atoms with E-state index in [9.17, 15) is 5.11 Å². The van der Waals surface area contributed by atoms with Crippen LogP contribution in [-0.4, -0.2) is 60.3 Å². The van der Waals surface area contributed by atoms with Gasteiger partial charge in [0.25, 0.3) is 0 Å². The highest BCUT2D eigenvalue weighted by atomic mass is 16.3.